The lowest BCUT2D eigenvalue weighted by Crippen LogP contribution is -1.91. The first-order valence-electron chi connectivity index (χ1n) is 5.54. The van der Waals surface area contributed by atoms with Gasteiger partial charge in [0.2, 0.25) is 0 Å². The first kappa shape index (κ1) is 9.90. The number of pyridine rings is 1. The van der Waals surface area contributed by atoms with Gasteiger partial charge in [-0.25, -0.2) is 0 Å². The Bertz CT molecular complexity index is 683. The van der Waals surface area contributed by atoms with Crippen LogP contribution in [0.2, 0.25) is 0 Å². The maximum Gasteiger partial charge on any atom is 0.0754 e. The maximum atomic E-state index is 5.72. The van der Waals surface area contributed by atoms with Gasteiger partial charge in [-0.15, -0.1) is 0 Å². The highest BCUT2D eigenvalue weighted by Gasteiger charge is 2.09. The minimum atomic E-state index is 0.700. The summed E-state index contributed by atoms with van der Waals surface area (Å²) in [5.74, 6) is 0. The summed E-state index contributed by atoms with van der Waals surface area (Å²) in [7, 11) is 0. The molecule has 0 saturated heterocycles. The SMILES string of the molecule is Cc1cc(N)cnc1-c1c[nH]c2ccccc12. The van der Waals surface area contributed by atoms with E-state index in [0.717, 1.165) is 22.3 Å². The van der Waals surface area contributed by atoms with E-state index in [1.54, 1.807) is 6.20 Å². The molecule has 1 aromatic carbocycles. The molecule has 3 rings (SSSR count). The highest BCUT2D eigenvalue weighted by molar-refractivity contribution is 5.95. The second-order valence-corrected chi connectivity index (χ2v) is 4.18. The predicted molar refractivity (Wildman–Crippen MR) is 70.7 cm³/mol. The monoisotopic (exact) mass is 223 g/mol. The first-order chi connectivity index (χ1) is 8.25. The zero-order chi connectivity index (χ0) is 11.8. The standard InChI is InChI=1S/C14H13N3/c1-9-6-10(15)7-17-14(9)12-8-16-13-5-3-2-4-11(12)13/h2-8,16H,15H2,1H3. The number of rotatable bonds is 1. The van der Waals surface area contributed by atoms with Crippen molar-refractivity contribution in [1.82, 2.24) is 9.97 Å². The number of H-pyrrole nitrogens is 1. The fourth-order valence-electron chi connectivity index (χ4n) is 2.15. The van der Waals surface area contributed by atoms with E-state index >= 15 is 0 Å². The van der Waals surface area contributed by atoms with Crippen molar-refractivity contribution in [2.75, 3.05) is 5.73 Å². The van der Waals surface area contributed by atoms with Gasteiger partial charge >= 0.3 is 0 Å². The van der Waals surface area contributed by atoms with E-state index in [1.807, 2.05) is 31.3 Å². The van der Waals surface area contributed by atoms with Crippen LogP contribution in [0.25, 0.3) is 22.2 Å². The van der Waals surface area contributed by atoms with Crippen molar-refractivity contribution < 1.29 is 0 Å². The number of nitrogens with zero attached hydrogens (tertiary/aromatic N) is 1. The molecule has 0 aliphatic carbocycles. The Kier molecular flexibility index (Phi) is 2.11. The Morgan fingerprint density at radius 1 is 1.24 bits per heavy atom. The third-order valence-corrected chi connectivity index (χ3v) is 2.94. The molecule has 17 heavy (non-hydrogen) atoms. The Labute approximate surface area is 99.3 Å². The summed E-state index contributed by atoms with van der Waals surface area (Å²) >= 11 is 0. The molecule has 3 aromatic rings. The van der Waals surface area contributed by atoms with Crippen LogP contribution in [0, 0.1) is 6.92 Å². The molecule has 0 amide bonds. The Morgan fingerprint density at radius 3 is 2.88 bits per heavy atom. The summed E-state index contributed by atoms with van der Waals surface area (Å²) in [5, 5.41) is 1.19. The quantitative estimate of drug-likeness (QED) is 0.666. The van der Waals surface area contributed by atoms with E-state index in [1.165, 1.54) is 5.39 Å². The van der Waals surface area contributed by atoms with Crippen molar-refractivity contribution in [3.63, 3.8) is 0 Å². The summed E-state index contributed by atoms with van der Waals surface area (Å²) < 4.78 is 0. The summed E-state index contributed by atoms with van der Waals surface area (Å²) in [6, 6.07) is 10.2. The van der Waals surface area contributed by atoms with Crippen molar-refractivity contribution >= 4 is 16.6 Å². The minimum absolute atomic E-state index is 0.700. The Balaban J connectivity index is 2.27. The van der Waals surface area contributed by atoms with Crippen molar-refractivity contribution in [2.45, 2.75) is 6.92 Å². The van der Waals surface area contributed by atoms with Gasteiger partial charge in [-0.2, -0.15) is 0 Å². The minimum Gasteiger partial charge on any atom is -0.397 e. The zero-order valence-corrected chi connectivity index (χ0v) is 9.57. The highest BCUT2D eigenvalue weighted by atomic mass is 14.7. The van der Waals surface area contributed by atoms with E-state index in [0.29, 0.717) is 5.69 Å². The van der Waals surface area contributed by atoms with Gasteiger partial charge < -0.3 is 10.7 Å². The number of fused-ring (bicyclic) bond motifs is 1. The summed E-state index contributed by atoms with van der Waals surface area (Å²) in [6.07, 6.45) is 3.69. The number of benzene rings is 1. The van der Waals surface area contributed by atoms with Crippen LogP contribution >= 0.6 is 0 Å². The number of anilines is 1. The third kappa shape index (κ3) is 1.56. The Morgan fingerprint density at radius 2 is 2.06 bits per heavy atom. The van der Waals surface area contributed by atoms with E-state index in [-0.39, 0.29) is 0 Å². The number of aromatic amines is 1. The van der Waals surface area contributed by atoms with Crippen molar-refractivity contribution in [2.24, 2.45) is 0 Å². The molecule has 0 spiro atoms. The molecule has 0 radical (unpaired) electrons. The molecule has 2 heterocycles. The van der Waals surface area contributed by atoms with Crippen LogP contribution in [0.5, 0.6) is 0 Å². The number of para-hydroxylation sites is 1. The van der Waals surface area contributed by atoms with Gasteiger partial charge in [-0.1, -0.05) is 18.2 Å². The molecular weight excluding hydrogens is 210 g/mol. The van der Waals surface area contributed by atoms with Crippen LogP contribution in [0.3, 0.4) is 0 Å². The molecule has 0 bridgehead atoms. The van der Waals surface area contributed by atoms with Crippen LogP contribution in [0.1, 0.15) is 5.56 Å². The van der Waals surface area contributed by atoms with Gasteiger partial charge in [-0.3, -0.25) is 4.98 Å². The van der Waals surface area contributed by atoms with Crippen molar-refractivity contribution in [3.8, 4) is 11.3 Å². The largest absolute Gasteiger partial charge is 0.397 e. The normalized spacial score (nSPS) is 10.9. The summed E-state index contributed by atoms with van der Waals surface area (Å²) in [6.45, 7) is 2.03. The second kappa shape index (κ2) is 3.63. The molecule has 0 unspecified atom stereocenters. The van der Waals surface area contributed by atoms with Gasteiger partial charge in [0.1, 0.15) is 0 Å². The molecular formula is C14H13N3. The molecule has 0 fully saturated rings. The third-order valence-electron chi connectivity index (χ3n) is 2.94. The van der Waals surface area contributed by atoms with E-state index in [2.05, 4.69) is 22.1 Å². The van der Waals surface area contributed by atoms with Gasteiger partial charge in [0, 0.05) is 22.7 Å². The van der Waals surface area contributed by atoms with Gasteiger partial charge in [0.25, 0.3) is 0 Å². The highest BCUT2D eigenvalue weighted by Crippen LogP contribution is 2.29. The molecule has 0 aliphatic rings. The molecule has 84 valence electrons. The maximum absolute atomic E-state index is 5.72. The number of hydrogen-bond acceptors (Lipinski definition) is 2. The molecule has 3 N–H and O–H groups in total. The number of nitrogens with one attached hydrogen (secondary N) is 1. The summed E-state index contributed by atoms with van der Waals surface area (Å²) in [5.41, 5.74) is 10.7. The predicted octanol–water partition coefficient (Wildman–Crippen LogP) is 3.12. The van der Waals surface area contributed by atoms with E-state index in [9.17, 15) is 0 Å². The van der Waals surface area contributed by atoms with Gasteiger partial charge in [0.05, 0.1) is 17.6 Å². The number of aromatic nitrogens is 2. The number of nitrogens with two attached hydrogens (primary N) is 1. The molecule has 3 nitrogen and oxygen atoms in total. The van der Waals surface area contributed by atoms with Gasteiger partial charge in [-0.05, 0) is 24.6 Å². The molecule has 0 saturated carbocycles. The number of nitrogen functional groups attached to an aromatic ring is 1. The molecule has 0 atom stereocenters. The fraction of sp³-hybridized carbons (Fsp3) is 0.0714. The van der Waals surface area contributed by atoms with E-state index in [4.69, 9.17) is 5.73 Å². The Hall–Kier alpha value is -2.29. The van der Waals surface area contributed by atoms with Crippen molar-refractivity contribution in [3.05, 3.63) is 48.3 Å². The molecule has 2 aromatic heterocycles. The summed E-state index contributed by atoms with van der Waals surface area (Å²) in [4.78, 5) is 7.68. The average molecular weight is 223 g/mol. The number of hydrogen-bond donors (Lipinski definition) is 2. The zero-order valence-electron chi connectivity index (χ0n) is 9.57. The van der Waals surface area contributed by atoms with E-state index < -0.39 is 0 Å². The molecule has 3 heteroatoms. The topological polar surface area (TPSA) is 54.7 Å². The van der Waals surface area contributed by atoms with Crippen LogP contribution in [0.15, 0.2) is 42.7 Å². The lowest BCUT2D eigenvalue weighted by molar-refractivity contribution is 1.28. The fourth-order valence-corrected chi connectivity index (χ4v) is 2.15. The van der Waals surface area contributed by atoms with Crippen LogP contribution in [-0.2, 0) is 0 Å². The molecule has 0 aliphatic heterocycles. The average Bonchev–Trinajstić information content (AvgIpc) is 2.73. The lowest BCUT2D eigenvalue weighted by atomic mass is 10.1. The first-order valence-corrected chi connectivity index (χ1v) is 5.54. The van der Waals surface area contributed by atoms with Crippen LogP contribution < -0.4 is 5.73 Å². The van der Waals surface area contributed by atoms with Crippen LogP contribution in [0.4, 0.5) is 5.69 Å². The van der Waals surface area contributed by atoms with Crippen LogP contribution in [-0.4, -0.2) is 9.97 Å². The second-order valence-electron chi connectivity index (χ2n) is 4.18. The van der Waals surface area contributed by atoms with Crippen molar-refractivity contribution in [1.29, 1.82) is 0 Å². The van der Waals surface area contributed by atoms with Gasteiger partial charge in [0.15, 0.2) is 0 Å². The number of aryl methyl sites for hydroxylation is 1. The smallest absolute Gasteiger partial charge is 0.0754 e. The lowest BCUT2D eigenvalue weighted by Gasteiger charge is -2.04.